The summed E-state index contributed by atoms with van der Waals surface area (Å²) < 4.78 is 39.3. The summed E-state index contributed by atoms with van der Waals surface area (Å²) in [5, 5.41) is 4.43. The normalized spacial score (nSPS) is 11.7. The first-order valence-electron chi connectivity index (χ1n) is 7.82. The van der Waals surface area contributed by atoms with Gasteiger partial charge in [-0.2, -0.15) is 18.2 Å². The van der Waals surface area contributed by atoms with Gasteiger partial charge in [-0.25, -0.2) is 9.50 Å². The van der Waals surface area contributed by atoms with Gasteiger partial charge in [0.05, 0.1) is 0 Å². The standard InChI is InChI=1S/C16H14ClF3N6O/c17-11-3-1-2-10(8-11)9-25(7-5-21)14(27)13-23-15-22-12(16(18,19)20)4-6-26(15)24-13/h1-4,6,8H,5,7,9,21H2. The Balaban J connectivity index is 1.89. The molecule has 0 saturated carbocycles. The number of nitrogens with two attached hydrogens (primary N) is 1. The van der Waals surface area contributed by atoms with Crippen LogP contribution in [0.15, 0.2) is 36.5 Å². The van der Waals surface area contributed by atoms with E-state index in [0.29, 0.717) is 5.02 Å². The van der Waals surface area contributed by atoms with Crippen LogP contribution in [0.3, 0.4) is 0 Å². The van der Waals surface area contributed by atoms with Gasteiger partial charge in [0.2, 0.25) is 5.82 Å². The highest BCUT2D eigenvalue weighted by atomic mass is 35.5. The number of carbonyl (C=O) groups is 1. The molecule has 0 saturated heterocycles. The molecule has 0 aliphatic carbocycles. The summed E-state index contributed by atoms with van der Waals surface area (Å²) in [4.78, 5) is 21.4. The van der Waals surface area contributed by atoms with E-state index in [-0.39, 0.29) is 31.2 Å². The fourth-order valence-corrected chi connectivity index (χ4v) is 2.64. The second-order valence-electron chi connectivity index (χ2n) is 5.64. The molecule has 0 unspecified atom stereocenters. The van der Waals surface area contributed by atoms with Crippen molar-refractivity contribution in [2.45, 2.75) is 12.7 Å². The van der Waals surface area contributed by atoms with Crippen LogP contribution < -0.4 is 5.73 Å². The van der Waals surface area contributed by atoms with Crippen LogP contribution in [0.4, 0.5) is 13.2 Å². The second kappa shape index (κ2) is 7.49. The van der Waals surface area contributed by atoms with Gasteiger partial charge < -0.3 is 10.6 Å². The van der Waals surface area contributed by atoms with E-state index >= 15 is 0 Å². The molecule has 2 N–H and O–H groups in total. The van der Waals surface area contributed by atoms with E-state index < -0.39 is 17.8 Å². The Kier molecular flexibility index (Phi) is 5.29. The molecule has 3 aromatic rings. The predicted molar refractivity (Wildman–Crippen MR) is 91.0 cm³/mol. The Morgan fingerprint density at radius 2 is 2.04 bits per heavy atom. The second-order valence-corrected chi connectivity index (χ2v) is 6.07. The molecule has 3 rings (SSSR count). The Hall–Kier alpha value is -2.72. The lowest BCUT2D eigenvalue weighted by Gasteiger charge is -2.20. The SMILES string of the molecule is NCCN(Cc1cccc(Cl)c1)C(=O)c1nc2nc(C(F)(F)F)ccn2n1. The summed E-state index contributed by atoms with van der Waals surface area (Å²) in [7, 11) is 0. The molecule has 0 aliphatic rings. The first-order chi connectivity index (χ1) is 12.8. The number of halogens is 4. The molecule has 7 nitrogen and oxygen atoms in total. The molecule has 142 valence electrons. The lowest BCUT2D eigenvalue weighted by Crippen LogP contribution is -2.35. The summed E-state index contributed by atoms with van der Waals surface area (Å²) in [6.07, 6.45) is -3.56. The van der Waals surface area contributed by atoms with Crippen molar-refractivity contribution in [1.29, 1.82) is 0 Å². The van der Waals surface area contributed by atoms with E-state index in [1.165, 1.54) is 4.90 Å². The summed E-state index contributed by atoms with van der Waals surface area (Å²) in [6.45, 7) is 0.603. The molecule has 27 heavy (non-hydrogen) atoms. The van der Waals surface area contributed by atoms with E-state index in [9.17, 15) is 18.0 Å². The number of rotatable bonds is 5. The average molecular weight is 399 g/mol. The Labute approximate surface area is 156 Å². The third kappa shape index (κ3) is 4.34. The minimum atomic E-state index is -4.62. The zero-order chi connectivity index (χ0) is 19.6. The molecular formula is C16H14ClF3N6O. The highest BCUT2D eigenvalue weighted by Gasteiger charge is 2.33. The molecule has 0 atom stereocenters. The van der Waals surface area contributed by atoms with Crippen LogP contribution in [-0.4, -0.2) is 43.5 Å². The van der Waals surface area contributed by atoms with Gasteiger partial charge in [0.25, 0.3) is 11.7 Å². The van der Waals surface area contributed by atoms with Gasteiger partial charge in [-0.05, 0) is 23.8 Å². The van der Waals surface area contributed by atoms with E-state index in [4.69, 9.17) is 17.3 Å². The van der Waals surface area contributed by atoms with Crippen LogP contribution in [0, 0.1) is 0 Å². The number of hydrogen-bond donors (Lipinski definition) is 1. The molecule has 11 heteroatoms. The molecule has 0 bridgehead atoms. The summed E-state index contributed by atoms with van der Waals surface area (Å²) in [6, 6.07) is 7.70. The van der Waals surface area contributed by atoms with E-state index in [0.717, 1.165) is 22.3 Å². The highest BCUT2D eigenvalue weighted by Crippen LogP contribution is 2.27. The van der Waals surface area contributed by atoms with Crippen molar-refractivity contribution in [3.05, 3.63) is 58.6 Å². The molecule has 1 amide bonds. The van der Waals surface area contributed by atoms with Crippen LogP contribution in [0.2, 0.25) is 5.02 Å². The summed E-state index contributed by atoms with van der Waals surface area (Å²) in [5.41, 5.74) is 5.23. The first-order valence-corrected chi connectivity index (χ1v) is 8.20. The van der Waals surface area contributed by atoms with Crippen LogP contribution >= 0.6 is 11.6 Å². The zero-order valence-electron chi connectivity index (χ0n) is 13.8. The maximum Gasteiger partial charge on any atom is 0.433 e. The zero-order valence-corrected chi connectivity index (χ0v) is 14.6. The van der Waals surface area contributed by atoms with Crippen molar-refractivity contribution >= 4 is 23.3 Å². The van der Waals surface area contributed by atoms with Gasteiger partial charge in [-0.15, -0.1) is 5.10 Å². The van der Waals surface area contributed by atoms with Crippen LogP contribution in [0.1, 0.15) is 21.9 Å². The molecule has 2 aromatic heterocycles. The number of aromatic nitrogens is 4. The number of nitrogens with zero attached hydrogens (tertiary/aromatic N) is 5. The molecule has 0 fully saturated rings. The topological polar surface area (TPSA) is 89.4 Å². The van der Waals surface area contributed by atoms with Crippen LogP contribution in [-0.2, 0) is 12.7 Å². The van der Waals surface area contributed by atoms with Gasteiger partial charge in [-0.1, -0.05) is 23.7 Å². The lowest BCUT2D eigenvalue weighted by atomic mass is 10.2. The number of benzene rings is 1. The minimum absolute atomic E-state index is 0.191. The summed E-state index contributed by atoms with van der Waals surface area (Å²) >= 11 is 5.95. The Morgan fingerprint density at radius 3 is 2.70 bits per heavy atom. The number of hydrogen-bond acceptors (Lipinski definition) is 5. The quantitative estimate of drug-likeness (QED) is 0.712. The van der Waals surface area contributed by atoms with Crippen molar-refractivity contribution in [2.24, 2.45) is 5.73 Å². The number of carbonyl (C=O) groups excluding carboxylic acids is 1. The third-order valence-corrected chi connectivity index (χ3v) is 3.87. The maximum absolute atomic E-state index is 12.8. The number of amides is 1. The van der Waals surface area contributed by atoms with Crippen molar-refractivity contribution in [1.82, 2.24) is 24.5 Å². The Bertz CT molecular complexity index is 974. The molecule has 0 aliphatic heterocycles. The lowest BCUT2D eigenvalue weighted by molar-refractivity contribution is -0.141. The van der Waals surface area contributed by atoms with Gasteiger partial charge in [0, 0.05) is 30.9 Å². The van der Waals surface area contributed by atoms with E-state index in [1.54, 1.807) is 24.3 Å². The van der Waals surface area contributed by atoms with E-state index in [2.05, 4.69) is 15.1 Å². The first kappa shape index (κ1) is 19.1. The van der Waals surface area contributed by atoms with Crippen LogP contribution in [0.25, 0.3) is 5.78 Å². The molecule has 0 spiro atoms. The van der Waals surface area contributed by atoms with Gasteiger partial charge >= 0.3 is 6.18 Å². The smallest absolute Gasteiger partial charge is 0.330 e. The fraction of sp³-hybridized carbons (Fsp3) is 0.250. The van der Waals surface area contributed by atoms with Gasteiger partial charge in [-0.3, -0.25) is 4.79 Å². The van der Waals surface area contributed by atoms with Crippen molar-refractivity contribution in [3.63, 3.8) is 0 Å². The molecular weight excluding hydrogens is 385 g/mol. The van der Waals surface area contributed by atoms with Gasteiger partial charge in [0.15, 0.2) is 0 Å². The number of fused-ring (bicyclic) bond motifs is 1. The van der Waals surface area contributed by atoms with Crippen LogP contribution in [0.5, 0.6) is 0 Å². The molecule has 2 heterocycles. The van der Waals surface area contributed by atoms with Gasteiger partial charge in [0.1, 0.15) is 5.69 Å². The number of alkyl halides is 3. The summed E-state index contributed by atoms with van der Waals surface area (Å²) in [5.74, 6) is -1.15. The van der Waals surface area contributed by atoms with Crippen molar-refractivity contribution in [2.75, 3.05) is 13.1 Å². The molecule has 0 radical (unpaired) electrons. The van der Waals surface area contributed by atoms with Crippen molar-refractivity contribution in [3.8, 4) is 0 Å². The monoisotopic (exact) mass is 398 g/mol. The molecule has 1 aromatic carbocycles. The Morgan fingerprint density at radius 1 is 1.26 bits per heavy atom. The maximum atomic E-state index is 12.8. The van der Waals surface area contributed by atoms with Crippen molar-refractivity contribution < 1.29 is 18.0 Å². The fourth-order valence-electron chi connectivity index (χ4n) is 2.43. The predicted octanol–water partition coefficient (Wildman–Crippen LogP) is 2.40. The largest absolute Gasteiger partial charge is 0.433 e. The van der Waals surface area contributed by atoms with E-state index in [1.807, 2.05) is 0 Å². The average Bonchev–Trinajstić information content (AvgIpc) is 3.03. The third-order valence-electron chi connectivity index (χ3n) is 3.64. The minimum Gasteiger partial charge on any atom is -0.330 e. The highest BCUT2D eigenvalue weighted by molar-refractivity contribution is 6.30.